The van der Waals surface area contributed by atoms with E-state index >= 15 is 0 Å². The van der Waals surface area contributed by atoms with Gasteiger partial charge in [0.2, 0.25) is 0 Å². The smallest absolute Gasteiger partial charge is 0.289 e. The first kappa shape index (κ1) is 16.0. The summed E-state index contributed by atoms with van der Waals surface area (Å²) in [4.78, 5) is 11.6. The van der Waals surface area contributed by atoms with Crippen LogP contribution < -0.4 is 0 Å². The van der Waals surface area contributed by atoms with Gasteiger partial charge in [-0.05, 0) is 48.7 Å². The minimum absolute atomic E-state index is 0.0895. The Balaban J connectivity index is 1.96. The van der Waals surface area contributed by atoms with Crippen LogP contribution in [0, 0.1) is 5.92 Å². The average Bonchev–Trinajstić information content (AvgIpc) is 3.11. The van der Waals surface area contributed by atoms with Crippen molar-refractivity contribution in [1.29, 1.82) is 0 Å². The fraction of sp³-hybridized carbons (Fsp3) is 0.938. The van der Waals surface area contributed by atoms with E-state index in [1.807, 2.05) is 0 Å². The van der Waals surface area contributed by atoms with Gasteiger partial charge in [0.1, 0.15) is 0 Å². The molecule has 3 atom stereocenters. The summed E-state index contributed by atoms with van der Waals surface area (Å²) in [7, 11) is -2.00. The van der Waals surface area contributed by atoms with E-state index in [1.165, 1.54) is 25.7 Å². The SMILES string of the molecule is CC(=O)O[Si](CCC1CCC2OC2C1)(C(C)C)C(C)C. The first-order valence-corrected chi connectivity index (χ1v) is 10.5. The van der Waals surface area contributed by atoms with Crippen molar-refractivity contribution in [2.45, 2.75) is 89.6 Å². The van der Waals surface area contributed by atoms with Crippen LogP contribution in [0.4, 0.5) is 0 Å². The van der Waals surface area contributed by atoms with Gasteiger partial charge >= 0.3 is 0 Å². The van der Waals surface area contributed by atoms with Crippen LogP contribution in [-0.4, -0.2) is 26.5 Å². The predicted molar refractivity (Wildman–Crippen MR) is 83.1 cm³/mol. The molecule has 0 aromatic rings. The van der Waals surface area contributed by atoms with Crippen LogP contribution in [0.2, 0.25) is 17.1 Å². The molecule has 0 aromatic heterocycles. The van der Waals surface area contributed by atoms with Gasteiger partial charge in [0.05, 0.1) is 12.2 Å². The van der Waals surface area contributed by atoms with E-state index in [4.69, 9.17) is 9.16 Å². The highest BCUT2D eigenvalue weighted by molar-refractivity contribution is 6.77. The highest BCUT2D eigenvalue weighted by Crippen LogP contribution is 2.44. The molecule has 1 aliphatic heterocycles. The molecule has 0 amide bonds. The van der Waals surface area contributed by atoms with E-state index in [0.717, 1.165) is 12.0 Å². The minimum Gasteiger partial charge on any atom is -0.519 e. The van der Waals surface area contributed by atoms with E-state index in [-0.39, 0.29) is 5.97 Å². The molecule has 1 heterocycles. The Bertz CT molecular complexity index is 346. The fourth-order valence-corrected chi connectivity index (χ4v) is 8.43. The van der Waals surface area contributed by atoms with Crippen molar-refractivity contribution in [3.63, 3.8) is 0 Å². The second-order valence-electron chi connectivity index (χ2n) is 7.29. The normalized spacial score (nSPS) is 29.4. The van der Waals surface area contributed by atoms with Crippen molar-refractivity contribution in [2.24, 2.45) is 5.92 Å². The molecule has 1 saturated heterocycles. The first-order chi connectivity index (χ1) is 9.35. The van der Waals surface area contributed by atoms with Crippen molar-refractivity contribution < 1.29 is 14.0 Å². The number of fused-ring (bicyclic) bond motifs is 1. The summed E-state index contributed by atoms with van der Waals surface area (Å²) in [6, 6.07) is 1.12. The number of epoxide rings is 1. The van der Waals surface area contributed by atoms with Crippen LogP contribution in [-0.2, 0) is 14.0 Å². The maximum Gasteiger partial charge on any atom is 0.289 e. The predicted octanol–water partition coefficient (Wildman–Crippen LogP) is 4.27. The molecule has 0 bridgehead atoms. The number of hydrogen-bond donors (Lipinski definition) is 0. The summed E-state index contributed by atoms with van der Waals surface area (Å²) in [5.74, 6) is 0.687. The lowest BCUT2D eigenvalue weighted by Crippen LogP contribution is -2.46. The maximum absolute atomic E-state index is 11.6. The maximum atomic E-state index is 11.6. The van der Waals surface area contributed by atoms with E-state index in [9.17, 15) is 4.79 Å². The lowest BCUT2D eigenvalue weighted by Gasteiger charge is -2.38. The summed E-state index contributed by atoms with van der Waals surface area (Å²) >= 11 is 0. The largest absolute Gasteiger partial charge is 0.519 e. The molecular weight excluding hydrogens is 268 g/mol. The van der Waals surface area contributed by atoms with Crippen LogP contribution in [0.25, 0.3) is 0 Å². The molecule has 3 nitrogen and oxygen atoms in total. The third-order valence-electron chi connectivity index (χ3n) is 5.34. The molecule has 0 N–H and O–H groups in total. The van der Waals surface area contributed by atoms with Gasteiger partial charge in [0.25, 0.3) is 14.3 Å². The average molecular weight is 298 g/mol. The fourth-order valence-electron chi connectivity index (χ4n) is 3.98. The van der Waals surface area contributed by atoms with Gasteiger partial charge in [0.15, 0.2) is 0 Å². The van der Waals surface area contributed by atoms with Crippen LogP contribution in [0.1, 0.15) is 60.3 Å². The summed E-state index contributed by atoms with van der Waals surface area (Å²) < 4.78 is 11.6. The topological polar surface area (TPSA) is 38.8 Å². The molecule has 2 fully saturated rings. The third kappa shape index (κ3) is 3.45. The molecule has 0 spiro atoms. The Hall–Kier alpha value is -0.353. The molecule has 4 heteroatoms. The number of carbonyl (C=O) groups excluding carboxylic acids is 1. The Morgan fingerprint density at radius 3 is 2.35 bits per heavy atom. The first-order valence-electron chi connectivity index (χ1n) is 8.20. The van der Waals surface area contributed by atoms with E-state index < -0.39 is 8.32 Å². The molecule has 2 rings (SSSR count). The van der Waals surface area contributed by atoms with Gasteiger partial charge in [-0.25, -0.2) is 0 Å². The summed E-state index contributed by atoms with van der Waals surface area (Å²) in [5, 5.41) is 0. The van der Waals surface area contributed by atoms with Crippen LogP contribution in [0.3, 0.4) is 0 Å². The zero-order valence-electron chi connectivity index (χ0n) is 13.6. The number of ether oxygens (including phenoxy) is 1. The van der Waals surface area contributed by atoms with E-state index in [0.29, 0.717) is 23.3 Å². The number of hydrogen-bond acceptors (Lipinski definition) is 3. The number of carbonyl (C=O) groups is 1. The summed E-state index contributed by atoms with van der Waals surface area (Å²) in [6.45, 7) is 10.5. The highest BCUT2D eigenvalue weighted by atomic mass is 28.4. The van der Waals surface area contributed by atoms with Crippen molar-refractivity contribution in [2.75, 3.05) is 0 Å². The van der Waals surface area contributed by atoms with Gasteiger partial charge in [-0.3, -0.25) is 4.79 Å². The molecule has 1 aliphatic carbocycles. The lowest BCUT2D eigenvalue weighted by molar-refractivity contribution is -0.133. The highest BCUT2D eigenvalue weighted by Gasteiger charge is 2.47. The van der Waals surface area contributed by atoms with Gasteiger partial charge < -0.3 is 9.16 Å². The molecular formula is C16H30O3Si. The zero-order chi connectivity index (χ0) is 14.9. The Kier molecular flexibility index (Phi) is 4.95. The van der Waals surface area contributed by atoms with E-state index in [2.05, 4.69) is 27.7 Å². The Morgan fingerprint density at radius 1 is 1.20 bits per heavy atom. The quantitative estimate of drug-likeness (QED) is 0.543. The van der Waals surface area contributed by atoms with Crippen LogP contribution in [0.15, 0.2) is 0 Å². The molecule has 2 aliphatic rings. The second kappa shape index (κ2) is 6.18. The monoisotopic (exact) mass is 298 g/mol. The Labute approximate surface area is 124 Å². The summed E-state index contributed by atoms with van der Waals surface area (Å²) in [6.07, 6.45) is 6.10. The van der Waals surface area contributed by atoms with Crippen LogP contribution in [0.5, 0.6) is 0 Å². The lowest BCUT2D eigenvalue weighted by atomic mass is 9.87. The second-order valence-corrected chi connectivity index (χ2v) is 12.2. The molecule has 3 unspecified atom stereocenters. The van der Waals surface area contributed by atoms with Crippen molar-refractivity contribution in [3.05, 3.63) is 0 Å². The summed E-state index contributed by atoms with van der Waals surface area (Å²) in [5.41, 5.74) is 0.972. The molecule has 0 aromatic carbocycles. The van der Waals surface area contributed by atoms with Gasteiger partial charge in [-0.1, -0.05) is 27.7 Å². The van der Waals surface area contributed by atoms with E-state index in [1.54, 1.807) is 6.92 Å². The molecule has 1 saturated carbocycles. The third-order valence-corrected chi connectivity index (χ3v) is 11.0. The number of rotatable bonds is 6. The Morgan fingerprint density at radius 2 is 1.85 bits per heavy atom. The standard InChI is InChI=1S/C16H30O3Si/c1-11(2)20(12(3)4,19-13(5)17)9-8-14-6-7-15-16(10-14)18-15/h11-12,14-16H,6-10H2,1-5H3. The molecule has 116 valence electrons. The molecule has 0 radical (unpaired) electrons. The van der Waals surface area contributed by atoms with Gasteiger partial charge in [-0.2, -0.15) is 0 Å². The molecule has 20 heavy (non-hydrogen) atoms. The van der Waals surface area contributed by atoms with Gasteiger partial charge in [-0.15, -0.1) is 0 Å². The van der Waals surface area contributed by atoms with Crippen molar-refractivity contribution in [1.82, 2.24) is 0 Å². The minimum atomic E-state index is -2.00. The van der Waals surface area contributed by atoms with Gasteiger partial charge in [0, 0.05) is 6.92 Å². The van der Waals surface area contributed by atoms with Crippen molar-refractivity contribution >= 4 is 14.3 Å². The van der Waals surface area contributed by atoms with Crippen LogP contribution >= 0.6 is 0 Å². The zero-order valence-corrected chi connectivity index (χ0v) is 14.6. The van der Waals surface area contributed by atoms with Crippen molar-refractivity contribution in [3.8, 4) is 0 Å².